The molecule has 0 saturated carbocycles. The van der Waals surface area contributed by atoms with Crippen LogP contribution in [-0.4, -0.2) is 47.7 Å². The average Bonchev–Trinajstić information content (AvgIpc) is 2.75. The molecule has 0 amide bonds. The largest absolute Gasteiger partial charge is 0.507 e. The van der Waals surface area contributed by atoms with Crippen molar-refractivity contribution in [3.05, 3.63) is 39.2 Å². The Balaban J connectivity index is 1.93. The number of phenols is 1. The van der Waals surface area contributed by atoms with Gasteiger partial charge < -0.3 is 19.0 Å². The Hall–Kier alpha value is -2.87. The van der Waals surface area contributed by atoms with E-state index in [1.165, 1.54) is 6.07 Å². The number of carbonyl (C=O) groups is 2. The Bertz CT molecular complexity index is 1070. The highest BCUT2D eigenvalue weighted by atomic mass is 16.5. The van der Waals surface area contributed by atoms with Gasteiger partial charge in [0.15, 0.2) is 0 Å². The molecule has 1 aromatic heterocycles. The summed E-state index contributed by atoms with van der Waals surface area (Å²) in [5.74, 6) is -0.770. The predicted molar refractivity (Wildman–Crippen MR) is 123 cm³/mol. The van der Waals surface area contributed by atoms with E-state index in [4.69, 9.17) is 13.9 Å². The van der Waals surface area contributed by atoms with E-state index in [-0.39, 0.29) is 36.1 Å². The van der Waals surface area contributed by atoms with Crippen LogP contribution >= 0.6 is 0 Å². The number of hydrogen-bond donors (Lipinski definition) is 1. The Morgan fingerprint density at radius 1 is 1.30 bits per heavy atom. The number of aryl methyl sites for hydroxylation is 2. The topological polar surface area (TPSA) is 106 Å². The maximum atomic E-state index is 12.2. The molecule has 0 radical (unpaired) electrons. The highest BCUT2D eigenvalue weighted by Crippen LogP contribution is 2.35. The van der Waals surface area contributed by atoms with Crippen LogP contribution in [0.15, 0.2) is 21.3 Å². The van der Waals surface area contributed by atoms with Gasteiger partial charge in [-0.15, -0.1) is 0 Å². The summed E-state index contributed by atoms with van der Waals surface area (Å²) in [5, 5.41) is 11.8. The van der Waals surface area contributed by atoms with Gasteiger partial charge in [-0.3, -0.25) is 14.5 Å². The second-order valence-corrected chi connectivity index (χ2v) is 8.85. The summed E-state index contributed by atoms with van der Waals surface area (Å²) in [7, 11) is 0. The molecule has 0 aliphatic carbocycles. The number of hydrogen-bond acceptors (Lipinski definition) is 8. The van der Waals surface area contributed by atoms with Gasteiger partial charge in [0, 0.05) is 31.0 Å². The molecule has 0 spiro atoms. The van der Waals surface area contributed by atoms with Gasteiger partial charge in [-0.1, -0.05) is 0 Å². The monoisotopic (exact) mass is 459 g/mol. The van der Waals surface area contributed by atoms with E-state index in [1.807, 2.05) is 6.92 Å². The minimum absolute atomic E-state index is 0.00635. The quantitative estimate of drug-likeness (QED) is 0.472. The van der Waals surface area contributed by atoms with Gasteiger partial charge in [0.1, 0.15) is 11.3 Å². The van der Waals surface area contributed by atoms with Crippen LogP contribution in [0.2, 0.25) is 0 Å². The van der Waals surface area contributed by atoms with Crippen LogP contribution in [-0.2, 0) is 32.0 Å². The molecule has 8 heteroatoms. The van der Waals surface area contributed by atoms with Gasteiger partial charge in [-0.2, -0.15) is 0 Å². The smallest absolute Gasteiger partial charge is 0.336 e. The summed E-state index contributed by atoms with van der Waals surface area (Å²) < 4.78 is 15.9. The fourth-order valence-corrected chi connectivity index (χ4v) is 4.34. The maximum absolute atomic E-state index is 12.2. The number of fused-ring (bicyclic) bond motifs is 1. The van der Waals surface area contributed by atoms with E-state index >= 15 is 0 Å². The first-order chi connectivity index (χ1) is 15.7. The molecule has 1 unspecified atom stereocenters. The van der Waals surface area contributed by atoms with Crippen molar-refractivity contribution in [2.24, 2.45) is 5.92 Å². The van der Waals surface area contributed by atoms with Crippen molar-refractivity contribution in [3.8, 4) is 5.75 Å². The molecule has 2 heterocycles. The third-order valence-electron chi connectivity index (χ3n) is 5.86. The van der Waals surface area contributed by atoms with Gasteiger partial charge in [0.25, 0.3) is 0 Å². The van der Waals surface area contributed by atoms with Crippen molar-refractivity contribution in [2.45, 2.75) is 66.0 Å². The zero-order chi connectivity index (χ0) is 24.1. The lowest BCUT2D eigenvalue weighted by Gasteiger charge is -2.31. The van der Waals surface area contributed by atoms with E-state index in [0.29, 0.717) is 48.2 Å². The number of benzene rings is 1. The molecule has 8 nitrogen and oxygen atoms in total. The molecule has 1 saturated heterocycles. The zero-order valence-electron chi connectivity index (χ0n) is 19.8. The first-order valence-corrected chi connectivity index (χ1v) is 11.6. The van der Waals surface area contributed by atoms with E-state index in [9.17, 15) is 19.5 Å². The number of nitrogens with zero attached hydrogens (tertiary/aromatic N) is 1. The summed E-state index contributed by atoms with van der Waals surface area (Å²) in [4.78, 5) is 38.5. The summed E-state index contributed by atoms with van der Waals surface area (Å²) in [6.45, 7) is 9.08. The van der Waals surface area contributed by atoms with Gasteiger partial charge in [-0.25, -0.2) is 4.79 Å². The zero-order valence-corrected chi connectivity index (χ0v) is 19.8. The first-order valence-electron chi connectivity index (χ1n) is 11.6. The van der Waals surface area contributed by atoms with E-state index < -0.39 is 5.63 Å². The lowest BCUT2D eigenvalue weighted by Crippen LogP contribution is -2.39. The second-order valence-electron chi connectivity index (χ2n) is 8.85. The van der Waals surface area contributed by atoms with Crippen molar-refractivity contribution in [1.29, 1.82) is 0 Å². The number of piperidine rings is 1. The number of rotatable bonds is 8. The van der Waals surface area contributed by atoms with Gasteiger partial charge in [0.2, 0.25) is 0 Å². The fraction of sp³-hybridized carbons (Fsp3) is 0.560. The lowest BCUT2D eigenvalue weighted by atomic mass is 9.95. The molecule has 180 valence electrons. The molecule has 33 heavy (non-hydrogen) atoms. The second kappa shape index (κ2) is 10.8. The number of esters is 2. The number of aromatic hydroxyl groups is 1. The Kier molecular flexibility index (Phi) is 8.13. The van der Waals surface area contributed by atoms with Crippen molar-refractivity contribution in [3.63, 3.8) is 0 Å². The van der Waals surface area contributed by atoms with Crippen LogP contribution in [0.4, 0.5) is 0 Å². The van der Waals surface area contributed by atoms with E-state index in [2.05, 4.69) is 4.90 Å². The standard InChI is InChI=1S/C25H33NO7/c1-5-31-25(30)18-7-6-10-26(13-18)14-20-23(29)17(8-9-21(27)32-15(2)3)12-19-16(4)11-22(28)33-24(19)20/h11-12,15,18,29H,5-10,13-14H2,1-4H3. The number of likely N-dealkylation sites (tertiary alicyclic amines) is 1. The molecule has 1 aliphatic heterocycles. The van der Waals surface area contributed by atoms with Crippen molar-refractivity contribution in [1.82, 2.24) is 4.90 Å². The minimum Gasteiger partial charge on any atom is -0.507 e. The molecular weight excluding hydrogens is 426 g/mol. The molecule has 1 fully saturated rings. The first kappa shape index (κ1) is 24.8. The van der Waals surface area contributed by atoms with Gasteiger partial charge in [-0.05, 0) is 70.7 Å². The molecule has 1 atom stereocenters. The number of carbonyl (C=O) groups excluding carboxylic acids is 2. The third kappa shape index (κ3) is 6.13. The normalized spacial score (nSPS) is 16.8. The van der Waals surface area contributed by atoms with Crippen molar-refractivity contribution < 1.29 is 28.6 Å². The highest BCUT2D eigenvalue weighted by molar-refractivity contribution is 5.86. The van der Waals surface area contributed by atoms with Crippen LogP contribution in [0.3, 0.4) is 0 Å². The molecule has 2 aromatic rings. The average molecular weight is 460 g/mol. The summed E-state index contributed by atoms with van der Waals surface area (Å²) in [6, 6.07) is 3.18. The number of phenolic OH excluding ortho intramolecular Hbond substituents is 1. The molecule has 1 aliphatic rings. The van der Waals surface area contributed by atoms with Crippen molar-refractivity contribution >= 4 is 22.9 Å². The fourth-order valence-electron chi connectivity index (χ4n) is 4.34. The summed E-state index contributed by atoms with van der Waals surface area (Å²) in [5.41, 5.74) is 1.66. The summed E-state index contributed by atoms with van der Waals surface area (Å²) in [6.07, 6.45) is 1.80. The van der Waals surface area contributed by atoms with Crippen LogP contribution < -0.4 is 5.63 Å². The SMILES string of the molecule is CCOC(=O)C1CCCN(Cc2c(O)c(CCC(=O)OC(C)C)cc3c(C)cc(=O)oc23)C1. The molecule has 3 rings (SSSR count). The van der Waals surface area contributed by atoms with Crippen LogP contribution in [0.1, 0.15) is 56.7 Å². The Morgan fingerprint density at radius 2 is 2.06 bits per heavy atom. The van der Waals surface area contributed by atoms with Gasteiger partial charge in [0.05, 0.1) is 24.2 Å². The van der Waals surface area contributed by atoms with E-state index in [0.717, 1.165) is 24.9 Å². The van der Waals surface area contributed by atoms with Crippen LogP contribution in [0.25, 0.3) is 11.0 Å². The highest BCUT2D eigenvalue weighted by Gasteiger charge is 2.28. The lowest BCUT2D eigenvalue weighted by molar-refractivity contribution is -0.150. The number of ether oxygens (including phenoxy) is 2. The molecule has 0 bridgehead atoms. The Labute approximate surface area is 193 Å². The molecule has 1 N–H and O–H groups in total. The maximum Gasteiger partial charge on any atom is 0.336 e. The van der Waals surface area contributed by atoms with E-state index in [1.54, 1.807) is 26.8 Å². The van der Waals surface area contributed by atoms with Crippen LogP contribution in [0, 0.1) is 12.8 Å². The molecule has 1 aromatic carbocycles. The van der Waals surface area contributed by atoms with Crippen molar-refractivity contribution in [2.75, 3.05) is 19.7 Å². The third-order valence-corrected chi connectivity index (χ3v) is 5.86. The Morgan fingerprint density at radius 3 is 2.76 bits per heavy atom. The summed E-state index contributed by atoms with van der Waals surface area (Å²) >= 11 is 0. The minimum atomic E-state index is -0.489. The van der Waals surface area contributed by atoms with Crippen LogP contribution in [0.5, 0.6) is 5.75 Å². The predicted octanol–water partition coefficient (Wildman–Crippen LogP) is 3.47. The molecular formula is C25H33NO7. The van der Waals surface area contributed by atoms with Gasteiger partial charge >= 0.3 is 17.6 Å².